The van der Waals surface area contributed by atoms with E-state index in [1.807, 2.05) is 30.3 Å². The molecule has 0 saturated heterocycles. The number of rotatable bonds is 9. The zero-order valence-electron chi connectivity index (χ0n) is 12.4. The maximum absolute atomic E-state index is 6.12. The van der Waals surface area contributed by atoms with Crippen molar-refractivity contribution in [2.75, 3.05) is 13.2 Å². The number of imidazole rings is 1. The Morgan fingerprint density at radius 2 is 2.10 bits per heavy atom. The van der Waals surface area contributed by atoms with Gasteiger partial charge in [0.15, 0.2) is 5.15 Å². The molecule has 1 heterocycles. The van der Waals surface area contributed by atoms with Gasteiger partial charge in [-0.25, -0.2) is 4.98 Å². The van der Waals surface area contributed by atoms with Crippen LogP contribution in [0.3, 0.4) is 0 Å². The average molecular weight is 308 g/mol. The molecule has 0 unspecified atom stereocenters. The summed E-state index contributed by atoms with van der Waals surface area (Å²) in [5.41, 5.74) is 0.947. The fourth-order valence-corrected chi connectivity index (χ4v) is 2.21. The number of benzene rings is 1. The Kier molecular flexibility index (Phi) is 6.57. The number of nitrogens with zero attached hydrogens (tertiary/aromatic N) is 1. The molecule has 0 fully saturated rings. The molecular weight excluding hydrogens is 286 g/mol. The van der Waals surface area contributed by atoms with Gasteiger partial charge in [0.05, 0.1) is 5.69 Å². The fourth-order valence-electron chi connectivity index (χ4n) is 1.99. The second-order valence-electron chi connectivity index (χ2n) is 4.89. The second-order valence-corrected chi connectivity index (χ2v) is 5.25. The number of para-hydroxylation sites is 1. The third-order valence-electron chi connectivity index (χ3n) is 3.14. The molecule has 0 aliphatic rings. The standard InChI is InChI=1S/C16H22ClN3O/c1-2-3-9-15-19-14(16(17)20-15)12-18-10-11-21-13-7-5-4-6-8-13/h4-8,18H,2-3,9-12H2,1H3,(H,19,20). The fraction of sp³-hybridized carbons (Fsp3) is 0.438. The highest BCUT2D eigenvalue weighted by atomic mass is 35.5. The summed E-state index contributed by atoms with van der Waals surface area (Å²) in [5, 5.41) is 3.87. The number of aromatic amines is 1. The van der Waals surface area contributed by atoms with Crippen LogP contribution < -0.4 is 10.1 Å². The Bertz CT molecular complexity index is 528. The van der Waals surface area contributed by atoms with Crippen molar-refractivity contribution in [1.29, 1.82) is 0 Å². The molecule has 0 aliphatic carbocycles. The Balaban J connectivity index is 1.67. The van der Waals surface area contributed by atoms with Crippen LogP contribution in [0, 0.1) is 0 Å². The highest BCUT2D eigenvalue weighted by Gasteiger charge is 2.07. The first-order valence-electron chi connectivity index (χ1n) is 7.41. The number of aromatic nitrogens is 2. The van der Waals surface area contributed by atoms with E-state index in [0.717, 1.165) is 43.1 Å². The van der Waals surface area contributed by atoms with E-state index in [-0.39, 0.29) is 0 Å². The van der Waals surface area contributed by atoms with Crippen molar-refractivity contribution in [2.45, 2.75) is 32.7 Å². The van der Waals surface area contributed by atoms with Crippen LogP contribution in [-0.4, -0.2) is 23.1 Å². The lowest BCUT2D eigenvalue weighted by molar-refractivity contribution is 0.313. The minimum absolute atomic E-state index is 0.567. The molecule has 0 amide bonds. The summed E-state index contributed by atoms with van der Waals surface area (Å²) in [5.74, 6) is 1.86. The number of hydrogen-bond donors (Lipinski definition) is 2. The molecule has 5 heteroatoms. The van der Waals surface area contributed by atoms with Crippen molar-refractivity contribution in [3.05, 3.63) is 47.0 Å². The van der Waals surface area contributed by atoms with E-state index in [4.69, 9.17) is 16.3 Å². The smallest absolute Gasteiger partial charge is 0.151 e. The van der Waals surface area contributed by atoms with Gasteiger partial charge in [0.2, 0.25) is 0 Å². The highest BCUT2D eigenvalue weighted by molar-refractivity contribution is 6.30. The van der Waals surface area contributed by atoms with Crippen LogP contribution in [0.1, 0.15) is 31.3 Å². The average Bonchev–Trinajstić information content (AvgIpc) is 2.86. The molecule has 1 aromatic carbocycles. The number of H-pyrrole nitrogens is 1. The summed E-state index contributed by atoms with van der Waals surface area (Å²) in [4.78, 5) is 7.61. The first kappa shape index (κ1) is 15.9. The Labute approximate surface area is 130 Å². The first-order chi connectivity index (χ1) is 10.3. The third-order valence-corrected chi connectivity index (χ3v) is 3.45. The van der Waals surface area contributed by atoms with E-state index in [0.29, 0.717) is 18.3 Å². The molecule has 2 rings (SSSR count). The van der Waals surface area contributed by atoms with Gasteiger partial charge in [0, 0.05) is 19.5 Å². The minimum Gasteiger partial charge on any atom is -0.492 e. The van der Waals surface area contributed by atoms with Gasteiger partial charge in [-0.05, 0) is 18.6 Å². The maximum Gasteiger partial charge on any atom is 0.151 e. The lowest BCUT2D eigenvalue weighted by Crippen LogP contribution is -2.21. The number of hydrogen-bond acceptors (Lipinski definition) is 3. The van der Waals surface area contributed by atoms with E-state index in [9.17, 15) is 0 Å². The summed E-state index contributed by atoms with van der Waals surface area (Å²) >= 11 is 6.12. The molecule has 0 spiro atoms. The minimum atomic E-state index is 0.567. The number of ether oxygens (including phenoxy) is 1. The summed E-state index contributed by atoms with van der Waals surface area (Å²) < 4.78 is 5.61. The lowest BCUT2D eigenvalue weighted by Gasteiger charge is -2.06. The number of nitrogens with one attached hydrogen (secondary N) is 2. The largest absolute Gasteiger partial charge is 0.492 e. The van der Waals surface area contributed by atoms with Crippen molar-refractivity contribution >= 4 is 11.6 Å². The maximum atomic E-state index is 6.12. The van der Waals surface area contributed by atoms with Crippen LogP contribution in [0.4, 0.5) is 0 Å². The number of halogens is 1. The third kappa shape index (κ3) is 5.40. The molecular formula is C16H22ClN3O. The zero-order chi connectivity index (χ0) is 14.9. The van der Waals surface area contributed by atoms with Crippen LogP contribution in [-0.2, 0) is 13.0 Å². The van der Waals surface area contributed by atoms with Crippen molar-refractivity contribution in [3.63, 3.8) is 0 Å². The Morgan fingerprint density at radius 3 is 2.86 bits per heavy atom. The normalized spacial score (nSPS) is 10.8. The molecule has 2 N–H and O–H groups in total. The molecule has 0 aliphatic heterocycles. The Morgan fingerprint density at radius 1 is 1.29 bits per heavy atom. The van der Waals surface area contributed by atoms with Crippen LogP contribution in [0.25, 0.3) is 0 Å². The SMILES string of the molecule is CCCCc1nc(Cl)c(CNCCOc2ccccc2)[nH]1. The molecule has 4 nitrogen and oxygen atoms in total. The van der Waals surface area contributed by atoms with Gasteiger partial charge in [-0.15, -0.1) is 0 Å². The molecule has 0 radical (unpaired) electrons. The molecule has 0 bridgehead atoms. The van der Waals surface area contributed by atoms with Gasteiger partial charge in [0.1, 0.15) is 18.2 Å². The summed E-state index contributed by atoms with van der Waals surface area (Å²) in [7, 11) is 0. The predicted molar refractivity (Wildman–Crippen MR) is 85.9 cm³/mol. The van der Waals surface area contributed by atoms with Gasteiger partial charge in [-0.2, -0.15) is 0 Å². The highest BCUT2D eigenvalue weighted by Crippen LogP contribution is 2.14. The number of aryl methyl sites for hydroxylation is 1. The number of unbranched alkanes of at least 4 members (excludes halogenated alkanes) is 1. The van der Waals surface area contributed by atoms with E-state index in [1.54, 1.807) is 0 Å². The van der Waals surface area contributed by atoms with E-state index >= 15 is 0 Å². The van der Waals surface area contributed by atoms with Gasteiger partial charge in [-0.3, -0.25) is 0 Å². The zero-order valence-corrected chi connectivity index (χ0v) is 13.1. The van der Waals surface area contributed by atoms with E-state index in [1.165, 1.54) is 0 Å². The molecule has 0 saturated carbocycles. The van der Waals surface area contributed by atoms with E-state index in [2.05, 4.69) is 22.2 Å². The monoisotopic (exact) mass is 307 g/mol. The van der Waals surface area contributed by atoms with E-state index < -0.39 is 0 Å². The summed E-state index contributed by atoms with van der Waals surface area (Å²) in [6, 6.07) is 9.80. The summed E-state index contributed by atoms with van der Waals surface area (Å²) in [6.07, 6.45) is 3.23. The van der Waals surface area contributed by atoms with Crippen molar-refractivity contribution in [3.8, 4) is 5.75 Å². The van der Waals surface area contributed by atoms with Gasteiger partial charge >= 0.3 is 0 Å². The Hall–Kier alpha value is -1.52. The molecule has 2 aromatic rings. The quantitative estimate of drug-likeness (QED) is 0.696. The van der Waals surface area contributed by atoms with Gasteiger partial charge < -0.3 is 15.0 Å². The molecule has 21 heavy (non-hydrogen) atoms. The van der Waals surface area contributed by atoms with Crippen molar-refractivity contribution < 1.29 is 4.74 Å². The van der Waals surface area contributed by atoms with Crippen molar-refractivity contribution in [2.24, 2.45) is 0 Å². The first-order valence-corrected chi connectivity index (χ1v) is 7.79. The lowest BCUT2D eigenvalue weighted by atomic mass is 10.2. The van der Waals surface area contributed by atoms with Gasteiger partial charge in [0.25, 0.3) is 0 Å². The molecule has 114 valence electrons. The second kappa shape index (κ2) is 8.70. The van der Waals surface area contributed by atoms with Crippen molar-refractivity contribution in [1.82, 2.24) is 15.3 Å². The topological polar surface area (TPSA) is 49.9 Å². The van der Waals surface area contributed by atoms with Gasteiger partial charge in [-0.1, -0.05) is 43.1 Å². The predicted octanol–water partition coefficient (Wildman–Crippen LogP) is 3.57. The van der Waals surface area contributed by atoms with Crippen LogP contribution in [0.5, 0.6) is 5.75 Å². The van der Waals surface area contributed by atoms with Crippen LogP contribution >= 0.6 is 11.6 Å². The van der Waals surface area contributed by atoms with Crippen LogP contribution in [0.2, 0.25) is 5.15 Å². The summed E-state index contributed by atoms with van der Waals surface area (Å²) in [6.45, 7) is 4.23. The molecule has 0 atom stereocenters. The van der Waals surface area contributed by atoms with Crippen LogP contribution in [0.15, 0.2) is 30.3 Å². The molecule has 1 aromatic heterocycles.